The van der Waals surface area contributed by atoms with Crippen LogP contribution in [0.25, 0.3) is 0 Å². The summed E-state index contributed by atoms with van der Waals surface area (Å²) in [6.07, 6.45) is 3.86. The van der Waals surface area contributed by atoms with Gasteiger partial charge in [-0.1, -0.05) is 0 Å². The van der Waals surface area contributed by atoms with Crippen LogP contribution in [0.3, 0.4) is 0 Å². The molecule has 2 aliphatic heterocycles. The molecule has 2 saturated heterocycles. The van der Waals surface area contributed by atoms with Gasteiger partial charge in [-0.25, -0.2) is 0 Å². The molecule has 0 aromatic rings. The quantitative estimate of drug-likeness (QED) is 0.702. The highest BCUT2D eigenvalue weighted by Gasteiger charge is 2.35. The summed E-state index contributed by atoms with van der Waals surface area (Å²) in [4.78, 5) is 14.1. The molecule has 1 unspecified atom stereocenters. The van der Waals surface area contributed by atoms with E-state index in [1.807, 2.05) is 11.8 Å². The molecule has 0 aliphatic carbocycles. The van der Waals surface area contributed by atoms with Crippen LogP contribution in [0.5, 0.6) is 0 Å². The largest absolute Gasteiger partial charge is 0.342 e. The Morgan fingerprint density at radius 1 is 1.50 bits per heavy atom. The molecule has 0 bridgehead atoms. The molecule has 0 spiro atoms. The molecule has 88 valence electrons. The topological polar surface area (TPSA) is 44.1 Å². The summed E-state index contributed by atoms with van der Waals surface area (Å²) in [5.41, 5.74) is -0.209. The first-order chi connectivity index (χ1) is 7.64. The minimum Gasteiger partial charge on any atom is -0.342 e. The van der Waals surface area contributed by atoms with Gasteiger partial charge in [-0.2, -0.15) is 5.26 Å². The SMILES string of the molecule is CC1(C#N)CCN(C(=O)C2CCCS2)CC1. The number of piperidine rings is 1. The Morgan fingerprint density at radius 3 is 2.69 bits per heavy atom. The number of carbonyl (C=O) groups excluding carboxylic acids is 1. The summed E-state index contributed by atoms with van der Waals surface area (Å²) < 4.78 is 0. The standard InChI is InChI=1S/C12H18N2OS/c1-12(9-13)4-6-14(7-5-12)11(15)10-3-2-8-16-10/h10H,2-8H2,1H3. The van der Waals surface area contributed by atoms with Crippen molar-refractivity contribution >= 4 is 17.7 Å². The Labute approximate surface area is 101 Å². The number of nitriles is 1. The molecule has 16 heavy (non-hydrogen) atoms. The van der Waals surface area contributed by atoms with Crippen molar-refractivity contribution in [2.24, 2.45) is 5.41 Å². The van der Waals surface area contributed by atoms with Crippen LogP contribution in [0.2, 0.25) is 0 Å². The summed E-state index contributed by atoms with van der Waals surface area (Å²) in [5, 5.41) is 9.23. The summed E-state index contributed by atoms with van der Waals surface area (Å²) in [6.45, 7) is 3.53. The number of carbonyl (C=O) groups is 1. The van der Waals surface area contributed by atoms with Gasteiger partial charge in [0.1, 0.15) is 0 Å². The molecule has 2 rings (SSSR count). The van der Waals surface area contributed by atoms with Crippen LogP contribution in [0, 0.1) is 16.7 Å². The smallest absolute Gasteiger partial charge is 0.235 e. The van der Waals surface area contributed by atoms with E-state index >= 15 is 0 Å². The van der Waals surface area contributed by atoms with Gasteiger partial charge in [0.15, 0.2) is 0 Å². The minimum absolute atomic E-state index is 0.200. The van der Waals surface area contributed by atoms with E-state index in [4.69, 9.17) is 5.26 Å². The molecule has 4 heteroatoms. The number of nitrogens with zero attached hydrogens (tertiary/aromatic N) is 2. The number of amides is 1. The Bertz CT molecular complexity index is 309. The van der Waals surface area contributed by atoms with Crippen LogP contribution in [0.1, 0.15) is 32.6 Å². The van der Waals surface area contributed by atoms with Gasteiger partial charge >= 0.3 is 0 Å². The van der Waals surface area contributed by atoms with Crippen molar-refractivity contribution in [3.05, 3.63) is 0 Å². The van der Waals surface area contributed by atoms with Crippen molar-refractivity contribution < 1.29 is 4.79 Å². The van der Waals surface area contributed by atoms with Crippen molar-refractivity contribution in [1.82, 2.24) is 4.90 Å². The predicted molar refractivity (Wildman–Crippen MR) is 65.0 cm³/mol. The van der Waals surface area contributed by atoms with Gasteiger partial charge in [0.25, 0.3) is 0 Å². The van der Waals surface area contributed by atoms with Crippen molar-refractivity contribution in [3.63, 3.8) is 0 Å². The first-order valence-electron chi connectivity index (χ1n) is 5.96. The van der Waals surface area contributed by atoms with Crippen LogP contribution >= 0.6 is 11.8 Å². The predicted octanol–water partition coefficient (Wildman–Crippen LogP) is 2.03. The van der Waals surface area contributed by atoms with E-state index in [1.54, 1.807) is 11.8 Å². The third kappa shape index (κ3) is 2.35. The average Bonchev–Trinajstić information content (AvgIpc) is 2.83. The fraction of sp³-hybridized carbons (Fsp3) is 0.833. The molecule has 2 aliphatic rings. The monoisotopic (exact) mass is 238 g/mol. The number of rotatable bonds is 1. The normalized spacial score (nSPS) is 28.8. The highest BCUT2D eigenvalue weighted by Crippen LogP contribution is 2.33. The molecule has 0 aromatic heterocycles. The van der Waals surface area contributed by atoms with Crippen molar-refractivity contribution in [2.75, 3.05) is 18.8 Å². The van der Waals surface area contributed by atoms with Crippen molar-refractivity contribution in [3.8, 4) is 6.07 Å². The van der Waals surface area contributed by atoms with Crippen LogP contribution in [-0.2, 0) is 4.79 Å². The lowest BCUT2D eigenvalue weighted by Gasteiger charge is -2.36. The first-order valence-corrected chi connectivity index (χ1v) is 7.01. The zero-order valence-electron chi connectivity index (χ0n) is 9.74. The molecule has 0 radical (unpaired) electrons. The highest BCUT2D eigenvalue weighted by atomic mass is 32.2. The summed E-state index contributed by atoms with van der Waals surface area (Å²) in [6, 6.07) is 2.37. The molecule has 3 nitrogen and oxygen atoms in total. The molecule has 0 N–H and O–H groups in total. The maximum atomic E-state index is 12.1. The van der Waals surface area contributed by atoms with Gasteiger partial charge in [0.05, 0.1) is 16.7 Å². The summed E-state index contributed by atoms with van der Waals surface area (Å²) in [7, 11) is 0. The van der Waals surface area contributed by atoms with Crippen molar-refractivity contribution in [2.45, 2.75) is 37.9 Å². The second-order valence-electron chi connectivity index (χ2n) is 5.00. The van der Waals surface area contributed by atoms with Crippen molar-refractivity contribution in [1.29, 1.82) is 5.26 Å². The maximum absolute atomic E-state index is 12.1. The van der Waals surface area contributed by atoms with Gasteiger partial charge in [-0.05, 0) is 38.4 Å². The third-order valence-electron chi connectivity index (χ3n) is 3.65. The second-order valence-corrected chi connectivity index (χ2v) is 6.31. The third-order valence-corrected chi connectivity index (χ3v) is 5.02. The highest BCUT2D eigenvalue weighted by molar-refractivity contribution is 8.00. The average molecular weight is 238 g/mol. The molecule has 0 saturated carbocycles. The van der Waals surface area contributed by atoms with Gasteiger partial charge < -0.3 is 4.90 Å². The Balaban J connectivity index is 1.89. The summed E-state index contributed by atoms with van der Waals surface area (Å²) >= 11 is 1.79. The maximum Gasteiger partial charge on any atom is 0.235 e. The Morgan fingerprint density at radius 2 is 2.19 bits per heavy atom. The lowest BCUT2D eigenvalue weighted by molar-refractivity contribution is -0.132. The second kappa shape index (κ2) is 4.67. The number of hydrogen-bond acceptors (Lipinski definition) is 3. The molecule has 0 aromatic carbocycles. The lowest BCUT2D eigenvalue weighted by Crippen LogP contribution is -2.44. The fourth-order valence-corrected chi connectivity index (χ4v) is 3.55. The molecule has 2 heterocycles. The van der Waals surface area contributed by atoms with E-state index in [2.05, 4.69) is 6.07 Å². The molecule has 1 amide bonds. The van der Waals surface area contributed by atoms with E-state index in [0.29, 0.717) is 5.91 Å². The number of likely N-dealkylation sites (tertiary alicyclic amines) is 1. The van der Waals surface area contributed by atoms with E-state index in [9.17, 15) is 4.79 Å². The molecular formula is C12H18N2OS. The van der Waals surface area contributed by atoms with Crippen LogP contribution in [0.4, 0.5) is 0 Å². The van der Waals surface area contributed by atoms with E-state index < -0.39 is 0 Å². The van der Waals surface area contributed by atoms with E-state index in [0.717, 1.165) is 38.1 Å². The van der Waals surface area contributed by atoms with Gasteiger partial charge in [0.2, 0.25) is 5.91 Å². The Kier molecular flexibility index (Phi) is 3.44. The number of thioether (sulfide) groups is 1. The van der Waals surface area contributed by atoms with Crippen LogP contribution in [0.15, 0.2) is 0 Å². The van der Waals surface area contributed by atoms with E-state index in [-0.39, 0.29) is 10.7 Å². The molecule has 2 fully saturated rings. The van der Waals surface area contributed by atoms with Crippen LogP contribution < -0.4 is 0 Å². The zero-order valence-corrected chi connectivity index (χ0v) is 10.6. The minimum atomic E-state index is -0.209. The van der Waals surface area contributed by atoms with Crippen LogP contribution in [-0.4, -0.2) is 34.9 Å². The Hall–Kier alpha value is -0.690. The summed E-state index contributed by atoms with van der Waals surface area (Å²) in [5.74, 6) is 1.43. The van der Waals surface area contributed by atoms with E-state index in [1.165, 1.54) is 6.42 Å². The van der Waals surface area contributed by atoms with Gasteiger partial charge in [-0.3, -0.25) is 4.79 Å². The van der Waals surface area contributed by atoms with Gasteiger partial charge in [0, 0.05) is 13.1 Å². The molecule has 1 atom stereocenters. The number of hydrogen-bond donors (Lipinski definition) is 0. The van der Waals surface area contributed by atoms with Gasteiger partial charge in [-0.15, -0.1) is 11.8 Å². The molecular weight excluding hydrogens is 220 g/mol. The lowest BCUT2D eigenvalue weighted by atomic mass is 9.82. The zero-order chi connectivity index (χ0) is 11.6. The fourth-order valence-electron chi connectivity index (χ4n) is 2.31. The first kappa shape index (κ1) is 11.8.